The Bertz CT molecular complexity index is 467. The van der Waals surface area contributed by atoms with Crippen LogP contribution in [0.25, 0.3) is 0 Å². The molecule has 1 amide bonds. The molecule has 0 saturated heterocycles. The van der Waals surface area contributed by atoms with Crippen LogP contribution in [0.5, 0.6) is 0 Å². The molecule has 0 aliphatic heterocycles. The first-order chi connectivity index (χ1) is 9.04. The maximum absolute atomic E-state index is 12.5. The van der Waals surface area contributed by atoms with Crippen LogP contribution in [-0.4, -0.2) is 16.0 Å². The molecule has 1 heterocycles. The number of carbonyl (C=O) groups excluding carboxylic acids is 1. The van der Waals surface area contributed by atoms with Crippen molar-refractivity contribution in [2.75, 3.05) is 5.73 Å². The number of nitrogens with zero attached hydrogens (tertiary/aromatic N) is 1. The quantitative estimate of drug-likeness (QED) is 0.867. The zero-order chi connectivity index (χ0) is 15.6. The summed E-state index contributed by atoms with van der Waals surface area (Å²) in [5, 5.41) is 3.13. The van der Waals surface area contributed by atoms with Gasteiger partial charge in [-0.25, -0.2) is 0 Å². The van der Waals surface area contributed by atoms with E-state index in [0.29, 0.717) is 11.4 Å². The monoisotopic (exact) mass is 279 g/mol. The van der Waals surface area contributed by atoms with E-state index in [1.54, 1.807) is 6.07 Å². The maximum atomic E-state index is 12.5. The number of anilines is 1. The molecular weight excluding hydrogens is 250 g/mol. The summed E-state index contributed by atoms with van der Waals surface area (Å²) in [5.41, 5.74) is 7.02. The summed E-state index contributed by atoms with van der Waals surface area (Å²) in [5.74, 6) is -0.0515. The number of amides is 1. The summed E-state index contributed by atoms with van der Waals surface area (Å²) >= 11 is 0. The van der Waals surface area contributed by atoms with Crippen molar-refractivity contribution in [1.82, 2.24) is 9.88 Å². The molecule has 0 bridgehead atoms. The Morgan fingerprint density at radius 3 is 2.40 bits per heavy atom. The highest BCUT2D eigenvalue weighted by atomic mass is 16.2. The Labute approximate surface area is 122 Å². The van der Waals surface area contributed by atoms with E-state index in [1.807, 2.05) is 10.8 Å². The first-order valence-electron chi connectivity index (χ1n) is 7.32. The molecule has 4 heteroatoms. The highest BCUT2D eigenvalue weighted by molar-refractivity contribution is 5.94. The van der Waals surface area contributed by atoms with E-state index < -0.39 is 0 Å². The van der Waals surface area contributed by atoms with Gasteiger partial charge in [0, 0.05) is 18.3 Å². The molecule has 3 N–H and O–H groups in total. The van der Waals surface area contributed by atoms with Crippen molar-refractivity contribution in [3.05, 3.63) is 18.0 Å². The fraction of sp³-hybridized carbons (Fsp3) is 0.688. The maximum Gasteiger partial charge on any atom is 0.268 e. The van der Waals surface area contributed by atoms with Gasteiger partial charge in [-0.05, 0) is 38.2 Å². The molecule has 1 aromatic heterocycles. The van der Waals surface area contributed by atoms with Crippen LogP contribution in [0, 0.1) is 5.41 Å². The average Bonchev–Trinajstić information content (AvgIpc) is 2.55. The molecule has 0 aliphatic carbocycles. The second-order valence-electron chi connectivity index (χ2n) is 7.43. The highest BCUT2D eigenvalue weighted by Crippen LogP contribution is 2.27. The van der Waals surface area contributed by atoms with Gasteiger partial charge in [0.15, 0.2) is 0 Å². The predicted molar refractivity (Wildman–Crippen MR) is 84.8 cm³/mol. The van der Waals surface area contributed by atoms with E-state index in [2.05, 4.69) is 46.9 Å². The minimum Gasteiger partial charge on any atom is -0.397 e. The van der Waals surface area contributed by atoms with Crippen LogP contribution in [0.3, 0.4) is 0 Å². The molecule has 0 aliphatic rings. The van der Waals surface area contributed by atoms with Gasteiger partial charge < -0.3 is 15.6 Å². The van der Waals surface area contributed by atoms with E-state index in [-0.39, 0.29) is 16.9 Å². The van der Waals surface area contributed by atoms with Gasteiger partial charge in [-0.2, -0.15) is 0 Å². The Kier molecular flexibility index (Phi) is 4.90. The molecule has 1 rings (SSSR count). The third-order valence-electron chi connectivity index (χ3n) is 3.04. The van der Waals surface area contributed by atoms with E-state index in [9.17, 15) is 4.79 Å². The van der Waals surface area contributed by atoms with Crippen molar-refractivity contribution in [1.29, 1.82) is 0 Å². The van der Waals surface area contributed by atoms with Crippen molar-refractivity contribution in [3.8, 4) is 0 Å². The van der Waals surface area contributed by atoms with E-state index in [1.165, 1.54) is 0 Å². The zero-order valence-electron chi connectivity index (χ0n) is 13.7. The van der Waals surface area contributed by atoms with Gasteiger partial charge in [-0.15, -0.1) is 0 Å². The topological polar surface area (TPSA) is 60.0 Å². The molecule has 0 fully saturated rings. The van der Waals surface area contributed by atoms with Gasteiger partial charge >= 0.3 is 0 Å². The molecule has 0 spiro atoms. The lowest BCUT2D eigenvalue weighted by molar-refractivity contribution is 0.0881. The Morgan fingerprint density at radius 1 is 1.30 bits per heavy atom. The zero-order valence-corrected chi connectivity index (χ0v) is 13.7. The summed E-state index contributed by atoms with van der Waals surface area (Å²) in [6, 6.07) is 1.75. The summed E-state index contributed by atoms with van der Waals surface area (Å²) in [4.78, 5) is 12.5. The van der Waals surface area contributed by atoms with E-state index in [0.717, 1.165) is 19.4 Å². The van der Waals surface area contributed by atoms with Gasteiger partial charge in [-0.1, -0.05) is 27.7 Å². The fourth-order valence-electron chi connectivity index (χ4n) is 2.89. The lowest BCUT2D eigenvalue weighted by atomic mass is 9.82. The lowest BCUT2D eigenvalue weighted by Crippen LogP contribution is -2.46. The lowest BCUT2D eigenvalue weighted by Gasteiger charge is -2.33. The van der Waals surface area contributed by atoms with Crippen LogP contribution < -0.4 is 11.1 Å². The number of hydrogen-bond acceptors (Lipinski definition) is 2. The number of carbonyl (C=O) groups is 1. The SMILES string of the molecule is CCCn1cc(N)cc1C(=O)NC(C)(C)CC(C)(C)C. The number of hydrogen-bond donors (Lipinski definition) is 2. The second-order valence-corrected chi connectivity index (χ2v) is 7.43. The van der Waals surface area contributed by atoms with Crippen LogP contribution in [0.1, 0.15) is 64.9 Å². The number of aromatic nitrogens is 1. The van der Waals surface area contributed by atoms with Crippen molar-refractivity contribution in [2.24, 2.45) is 5.41 Å². The standard InChI is InChI=1S/C16H29N3O/c1-7-8-19-10-12(17)9-13(19)14(20)18-16(5,6)11-15(2,3)4/h9-10H,7-8,11,17H2,1-6H3,(H,18,20). The number of nitrogens with one attached hydrogen (secondary N) is 1. The minimum absolute atomic E-state index is 0.0515. The smallest absolute Gasteiger partial charge is 0.268 e. The first-order valence-corrected chi connectivity index (χ1v) is 7.32. The Hall–Kier alpha value is -1.45. The average molecular weight is 279 g/mol. The molecule has 0 atom stereocenters. The molecule has 114 valence electrons. The summed E-state index contributed by atoms with van der Waals surface area (Å²) in [6.07, 6.45) is 3.71. The number of aryl methyl sites for hydroxylation is 1. The van der Waals surface area contributed by atoms with Crippen molar-refractivity contribution < 1.29 is 4.79 Å². The van der Waals surface area contributed by atoms with E-state index >= 15 is 0 Å². The highest BCUT2D eigenvalue weighted by Gasteiger charge is 2.28. The molecule has 0 unspecified atom stereocenters. The molecule has 0 radical (unpaired) electrons. The normalized spacial score (nSPS) is 12.5. The molecule has 0 saturated carbocycles. The van der Waals surface area contributed by atoms with Gasteiger partial charge in [0.25, 0.3) is 5.91 Å². The third kappa shape index (κ3) is 4.91. The first kappa shape index (κ1) is 16.6. The second kappa shape index (κ2) is 5.90. The molecular formula is C16H29N3O. The van der Waals surface area contributed by atoms with Crippen LogP contribution in [0.4, 0.5) is 5.69 Å². The predicted octanol–water partition coefficient (Wildman–Crippen LogP) is 3.42. The van der Waals surface area contributed by atoms with Crippen molar-refractivity contribution in [3.63, 3.8) is 0 Å². The Balaban J connectivity index is 2.85. The van der Waals surface area contributed by atoms with Crippen LogP contribution >= 0.6 is 0 Å². The van der Waals surface area contributed by atoms with Gasteiger partial charge in [0.1, 0.15) is 5.69 Å². The minimum atomic E-state index is -0.245. The summed E-state index contributed by atoms with van der Waals surface area (Å²) < 4.78 is 1.93. The van der Waals surface area contributed by atoms with Gasteiger partial charge in [-0.3, -0.25) is 4.79 Å². The Morgan fingerprint density at radius 2 is 1.90 bits per heavy atom. The fourth-order valence-corrected chi connectivity index (χ4v) is 2.89. The van der Waals surface area contributed by atoms with Crippen LogP contribution in [-0.2, 0) is 6.54 Å². The molecule has 20 heavy (non-hydrogen) atoms. The van der Waals surface area contributed by atoms with Crippen LogP contribution in [0.2, 0.25) is 0 Å². The largest absolute Gasteiger partial charge is 0.397 e. The van der Waals surface area contributed by atoms with Crippen molar-refractivity contribution >= 4 is 11.6 Å². The van der Waals surface area contributed by atoms with Gasteiger partial charge in [0.05, 0.1) is 5.69 Å². The number of nitrogens with two attached hydrogens (primary N) is 1. The summed E-state index contributed by atoms with van der Waals surface area (Å²) in [7, 11) is 0. The molecule has 4 nitrogen and oxygen atoms in total. The van der Waals surface area contributed by atoms with Gasteiger partial charge in [0.2, 0.25) is 0 Å². The van der Waals surface area contributed by atoms with Crippen molar-refractivity contribution in [2.45, 2.75) is 66.5 Å². The summed E-state index contributed by atoms with van der Waals surface area (Å²) in [6.45, 7) is 13.6. The number of rotatable bonds is 5. The van der Waals surface area contributed by atoms with E-state index in [4.69, 9.17) is 5.73 Å². The third-order valence-corrected chi connectivity index (χ3v) is 3.04. The molecule has 0 aromatic carbocycles. The number of nitrogen functional groups attached to an aromatic ring is 1. The molecule has 1 aromatic rings. The van der Waals surface area contributed by atoms with Crippen LogP contribution in [0.15, 0.2) is 12.3 Å².